The normalized spacial score (nSPS) is 9.67. The number of amides is 1. The molecule has 0 spiro atoms. The predicted molar refractivity (Wildman–Crippen MR) is 79.3 cm³/mol. The summed E-state index contributed by atoms with van der Waals surface area (Å²) >= 11 is 0. The number of carbonyl (C=O) groups is 1. The molecule has 0 aliphatic carbocycles. The minimum atomic E-state index is -0.655. The van der Waals surface area contributed by atoms with E-state index in [1.807, 2.05) is 13.0 Å². The van der Waals surface area contributed by atoms with E-state index in [1.54, 1.807) is 12.1 Å². The highest BCUT2D eigenvalue weighted by atomic mass is 19.1. The number of anilines is 1. The summed E-state index contributed by atoms with van der Waals surface area (Å²) in [7, 11) is 0. The Kier molecular flexibility index (Phi) is 4.64. The lowest BCUT2D eigenvalue weighted by atomic mass is 10.1. The molecule has 4 nitrogen and oxygen atoms in total. The first-order valence-corrected chi connectivity index (χ1v) is 6.32. The lowest BCUT2D eigenvalue weighted by Crippen LogP contribution is -2.14. The van der Waals surface area contributed by atoms with E-state index in [0.29, 0.717) is 12.2 Å². The summed E-state index contributed by atoms with van der Waals surface area (Å²) in [5.74, 6) is 4.50. The molecule has 0 saturated carbocycles. The first-order valence-electron chi connectivity index (χ1n) is 6.32. The number of nitrogens with one attached hydrogen (secondary N) is 1. The van der Waals surface area contributed by atoms with E-state index in [4.69, 9.17) is 5.73 Å². The fourth-order valence-corrected chi connectivity index (χ4v) is 1.78. The van der Waals surface area contributed by atoms with Crippen molar-refractivity contribution < 1.29 is 9.18 Å². The highest BCUT2D eigenvalue weighted by Crippen LogP contribution is 2.17. The Morgan fingerprint density at radius 3 is 2.90 bits per heavy atom. The Hall–Kier alpha value is -2.71. The average molecular weight is 283 g/mol. The number of nitrogens with zero attached hydrogens (tertiary/aromatic N) is 1. The van der Waals surface area contributed by atoms with E-state index >= 15 is 0 Å². The average Bonchev–Trinajstić information content (AvgIpc) is 2.48. The summed E-state index contributed by atoms with van der Waals surface area (Å²) in [5.41, 5.74) is 7.52. The van der Waals surface area contributed by atoms with Crippen LogP contribution in [0.15, 0.2) is 36.7 Å². The molecular weight excluding hydrogens is 269 g/mol. The van der Waals surface area contributed by atoms with E-state index in [0.717, 1.165) is 17.3 Å². The van der Waals surface area contributed by atoms with Crippen molar-refractivity contribution in [2.75, 3.05) is 11.9 Å². The van der Waals surface area contributed by atoms with Crippen LogP contribution in [0.3, 0.4) is 0 Å². The van der Waals surface area contributed by atoms with Gasteiger partial charge in [0.05, 0.1) is 18.3 Å². The molecule has 0 atom stereocenters. The minimum absolute atomic E-state index is 0.0450. The molecule has 0 aliphatic rings. The van der Waals surface area contributed by atoms with Crippen molar-refractivity contribution in [3.05, 3.63) is 59.2 Å². The van der Waals surface area contributed by atoms with Crippen LogP contribution >= 0.6 is 0 Å². The van der Waals surface area contributed by atoms with Gasteiger partial charge in [-0.15, -0.1) is 0 Å². The van der Waals surface area contributed by atoms with Crippen LogP contribution in [-0.4, -0.2) is 17.4 Å². The van der Waals surface area contributed by atoms with Crippen molar-refractivity contribution in [1.29, 1.82) is 0 Å². The molecule has 0 aliphatic heterocycles. The molecule has 5 heteroatoms. The van der Waals surface area contributed by atoms with Crippen LogP contribution in [0, 0.1) is 24.6 Å². The van der Waals surface area contributed by atoms with Crippen molar-refractivity contribution in [3.63, 3.8) is 0 Å². The number of pyridine rings is 1. The van der Waals surface area contributed by atoms with E-state index in [2.05, 4.69) is 22.1 Å². The van der Waals surface area contributed by atoms with E-state index < -0.39 is 11.7 Å². The fourth-order valence-electron chi connectivity index (χ4n) is 1.78. The van der Waals surface area contributed by atoms with Gasteiger partial charge in [0.25, 0.3) is 5.91 Å². The molecule has 1 aromatic carbocycles. The molecule has 2 rings (SSSR count). The number of benzene rings is 1. The summed E-state index contributed by atoms with van der Waals surface area (Å²) in [6.45, 7) is 2.13. The van der Waals surface area contributed by atoms with Gasteiger partial charge in [-0.1, -0.05) is 11.8 Å². The van der Waals surface area contributed by atoms with Gasteiger partial charge in [-0.3, -0.25) is 9.78 Å². The molecule has 0 saturated heterocycles. The van der Waals surface area contributed by atoms with Crippen LogP contribution < -0.4 is 11.1 Å². The van der Waals surface area contributed by atoms with Crippen LogP contribution in [0.25, 0.3) is 0 Å². The van der Waals surface area contributed by atoms with Crippen molar-refractivity contribution in [2.45, 2.75) is 6.92 Å². The fraction of sp³-hybridized carbons (Fsp3) is 0.125. The Morgan fingerprint density at radius 1 is 1.43 bits per heavy atom. The smallest absolute Gasteiger partial charge is 0.258 e. The number of carbonyl (C=O) groups excluding carboxylic acids is 1. The topological polar surface area (TPSA) is 68.0 Å². The standard InChI is InChI=1S/C16H14FN3O/c1-11-9-12(3-2-7-18)4-5-15(11)20-16(21)13-6-8-19-10-14(13)17/h4-6,8-10H,7,18H2,1H3,(H,20,21). The van der Waals surface area contributed by atoms with Gasteiger partial charge >= 0.3 is 0 Å². The summed E-state index contributed by atoms with van der Waals surface area (Å²) in [6.07, 6.45) is 2.38. The summed E-state index contributed by atoms with van der Waals surface area (Å²) in [4.78, 5) is 15.6. The first kappa shape index (κ1) is 14.7. The predicted octanol–water partition coefficient (Wildman–Crippen LogP) is 2.09. The molecule has 2 aromatic rings. The van der Waals surface area contributed by atoms with Crippen LogP contribution in [0.2, 0.25) is 0 Å². The number of hydrogen-bond acceptors (Lipinski definition) is 3. The van der Waals surface area contributed by atoms with Gasteiger partial charge in [0.1, 0.15) is 0 Å². The molecule has 3 N–H and O–H groups in total. The molecular formula is C16H14FN3O. The third kappa shape index (κ3) is 3.65. The number of halogens is 1. The van der Waals surface area contributed by atoms with Gasteiger partial charge in [-0.25, -0.2) is 4.39 Å². The summed E-state index contributed by atoms with van der Waals surface area (Å²) in [6, 6.07) is 6.67. The Balaban J connectivity index is 2.20. The van der Waals surface area contributed by atoms with Crippen LogP contribution in [0.5, 0.6) is 0 Å². The van der Waals surface area contributed by atoms with Crippen molar-refractivity contribution >= 4 is 11.6 Å². The summed E-state index contributed by atoms with van der Waals surface area (Å²) < 4.78 is 13.5. The van der Waals surface area contributed by atoms with Gasteiger partial charge in [0.2, 0.25) is 0 Å². The number of hydrogen-bond donors (Lipinski definition) is 2. The number of rotatable bonds is 2. The van der Waals surface area contributed by atoms with Crippen molar-refractivity contribution in [2.24, 2.45) is 5.73 Å². The highest BCUT2D eigenvalue weighted by Gasteiger charge is 2.12. The lowest BCUT2D eigenvalue weighted by molar-refractivity contribution is 0.102. The molecule has 21 heavy (non-hydrogen) atoms. The number of aryl methyl sites for hydroxylation is 1. The molecule has 0 radical (unpaired) electrons. The molecule has 0 unspecified atom stereocenters. The molecule has 106 valence electrons. The first-order chi connectivity index (χ1) is 10.1. The minimum Gasteiger partial charge on any atom is -0.322 e. The number of aromatic nitrogens is 1. The van der Waals surface area contributed by atoms with E-state index in [-0.39, 0.29) is 5.56 Å². The maximum atomic E-state index is 13.5. The third-order valence-corrected chi connectivity index (χ3v) is 2.83. The third-order valence-electron chi connectivity index (χ3n) is 2.83. The van der Waals surface area contributed by atoms with Crippen LogP contribution in [-0.2, 0) is 0 Å². The second kappa shape index (κ2) is 6.64. The zero-order chi connectivity index (χ0) is 15.2. The van der Waals surface area contributed by atoms with E-state index in [9.17, 15) is 9.18 Å². The van der Waals surface area contributed by atoms with Gasteiger partial charge in [-0.2, -0.15) is 0 Å². The van der Waals surface area contributed by atoms with Crippen LogP contribution in [0.4, 0.5) is 10.1 Å². The van der Waals surface area contributed by atoms with E-state index in [1.165, 1.54) is 12.3 Å². The Morgan fingerprint density at radius 2 is 2.24 bits per heavy atom. The molecule has 1 heterocycles. The van der Waals surface area contributed by atoms with Gasteiger partial charge < -0.3 is 11.1 Å². The monoisotopic (exact) mass is 283 g/mol. The second-order valence-corrected chi connectivity index (χ2v) is 4.35. The maximum Gasteiger partial charge on any atom is 0.258 e. The second-order valence-electron chi connectivity index (χ2n) is 4.35. The molecule has 0 fully saturated rings. The van der Waals surface area contributed by atoms with Gasteiger partial charge in [-0.05, 0) is 36.8 Å². The lowest BCUT2D eigenvalue weighted by Gasteiger charge is -2.09. The molecule has 0 bridgehead atoms. The highest BCUT2D eigenvalue weighted by molar-refractivity contribution is 6.04. The zero-order valence-electron chi connectivity index (χ0n) is 11.5. The maximum absolute atomic E-state index is 13.5. The quantitative estimate of drug-likeness (QED) is 0.829. The SMILES string of the molecule is Cc1cc(C#CCN)ccc1NC(=O)c1ccncc1F. The molecule has 1 amide bonds. The number of nitrogens with two attached hydrogens (primary N) is 1. The van der Waals surface area contributed by atoms with Crippen LogP contribution in [0.1, 0.15) is 21.5 Å². The largest absolute Gasteiger partial charge is 0.322 e. The Labute approximate surface area is 122 Å². The zero-order valence-corrected chi connectivity index (χ0v) is 11.5. The summed E-state index contributed by atoms with van der Waals surface area (Å²) in [5, 5.41) is 2.67. The van der Waals surface area contributed by atoms with Crippen molar-refractivity contribution in [1.82, 2.24) is 4.98 Å². The molecule has 1 aromatic heterocycles. The van der Waals surface area contributed by atoms with Gasteiger partial charge in [0, 0.05) is 17.4 Å². The van der Waals surface area contributed by atoms with Crippen molar-refractivity contribution in [3.8, 4) is 11.8 Å². The Bertz CT molecular complexity index is 732. The van der Waals surface area contributed by atoms with Gasteiger partial charge in [0.15, 0.2) is 5.82 Å².